The molecule has 0 radical (unpaired) electrons. The molecule has 1 atom stereocenters. The molecule has 3 rings (SSSR count). The Hall–Kier alpha value is -3.25. The second-order valence-corrected chi connectivity index (χ2v) is 9.26. The summed E-state index contributed by atoms with van der Waals surface area (Å²) in [6, 6.07) is 7.59. The van der Waals surface area contributed by atoms with E-state index in [1.165, 1.54) is 26.0 Å². The SMILES string of the molecule is CC(C)C(NS(=O)(=O)c1cccc(C(F)(F)F)c1)C(=O)OCN1C(=O)c2ccccc2C1=O. The summed E-state index contributed by atoms with van der Waals surface area (Å²) in [6.07, 6.45) is -4.76. The number of ether oxygens (including phenoxy) is 1. The number of benzene rings is 2. The lowest BCUT2D eigenvalue weighted by Crippen LogP contribution is -2.46. The summed E-state index contributed by atoms with van der Waals surface area (Å²) in [7, 11) is -4.53. The number of hydrogen-bond acceptors (Lipinski definition) is 6. The third-order valence-corrected chi connectivity index (χ3v) is 6.33. The molecule has 12 heteroatoms. The summed E-state index contributed by atoms with van der Waals surface area (Å²) in [6.45, 7) is 2.23. The average Bonchev–Trinajstić information content (AvgIpc) is 3.00. The number of carbonyl (C=O) groups is 3. The molecule has 1 heterocycles. The molecule has 1 unspecified atom stereocenters. The van der Waals surface area contributed by atoms with Crippen molar-refractivity contribution in [3.8, 4) is 0 Å². The van der Waals surface area contributed by atoms with Crippen LogP contribution >= 0.6 is 0 Å². The normalized spacial score (nSPS) is 15.0. The van der Waals surface area contributed by atoms with E-state index in [4.69, 9.17) is 4.74 Å². The van der Waals surface area contributed by atoms with Crippen LogP contribution in [-0.2, 0) is 25.7 Å². The molecule has 1 aliphatic rings. The van der Waals surface area contributed by atoms with Gasteiger partial charge < -0.3 is 4.74 Å². The van der Waals surface area contributed by atoms with Crippen molar-refractivity contribution in [3.63, 3.8) is 0 Å². The third kappa shape index (κ3) is 5.06. The second kappa shape index (κ2) is 8.94. The van der Waals surface area contributed by atoms with Crippen LogP contribution in [0.2, 0.25) is 0 Å². The lowest BCUT2D eigenvalue weighted by atomic mass is 10.1. The molecule has 2 aromatic carbocycles. The lowest BCUT2D eigenvalue weighted by molar-refractivity contribution is -0.149. The Balaban J connectivity index is 1.74. The fourth-order valence-corrected chi connectivity index (χ4v) is 4.48. The summed E-state index contributed by atoms with van der Waals surface area (Å²) in [5.41, 5.74) is -0.881. The Labute approximate surface area is 187 Å². The van der Waals surface area contributed by atoms with Gasteiger partial charge in [0, 0.05) is 0 Å². The monoisotopic (exact) mass is 484 g/mol. The molecule has 176 valence electrons. The van der Waals surface area contributed by atoms with Gasteiger partial charge in [-0.05, 0) is 36.2 Å². The van der Waals surface area contributed by atoms with Gasteiger partial charge in [-0.25, -0.2) is 13.3 Å². The molecule has 8 nitrogen and oxygen atoms in total. The standard InChI is InChI=1S/C21H19F3N2O6S/c1-12(2)17(25-33(30,31)14-7-5-6-13(10-14)21(22,23)24)20(29)32-11-26-18(27)15-8-3-4-9-16(15)19(26)28/h3-10,12,17,25H,11H2,1-2H3. The molecule has 1 N–H and O–H groups in total. The molecule has 33 heavy (non-hydrogen) atoms. The van der Waals surface area contributed by atoms with Crippen molar-refractivity contribution in [2.75, 3.05) is 6.73 Å². The van der Waals surface area contributed by atoms with Crippen LogP contribution in [0.3, 0.4) is 0 Å². The van der Waals surface area contributed by atoms with E-state index in [-0.39, 0.29) is 11.1 Å². The number of rotatable bonds is 7. The molecule has 2 aromatic rings. The van der Waals surface area contributed by atoms with Crippen molar-refractivity contribution >= 4 is 27.8 Å². The van der Waals surface area contributed by atoms with Crippen LogP contribution in [0.25, 0.3) is 0 Å². The van der Waals surface area contributed by atoms with Crippen LogP contribution < -0.4 is 4.72 Å². The van der Waals surface area contributed by atoms with E-state index in [2.05, 4.69) is 0 Å². The highest BCUT2D eigenvalue weighted by Gasteiger charge is 2.37. The minimum atomic E-state index is -4.76. The maximum Gasteiger partial charge on any atom is 0.416 e. The summed E-state index contributed by atoms with van der Waals surface area (Å²) < 4.78 is 71.2. The van der Waals surface area contributed by atoms with E-state index in [0.717, 1.165) is 18.2 Å². The van der Waals surface area contributed by atoms with Crippen molar-refractivity contribution < 1.29 is 40.7 Å². The molecular weight excluding hydrogens is 465 g/mol. The van der Waals surface area contributed by atoms with Crippen LogP contribution in [-0.4, -0.2) is 43.9 Å². The number of alkyl halides is 3. The van der Waals surface area contributed by atoms with Gasteiger partial charge in [0.25, 0.3) is 11.8 Å². The zero-order valence-electron chi connectivity index (χ0n) is 17.4. The average molecular weight is 484 g/mol. The van der Waals surface area contributed by atoms with E-state index < -0.39 is 63.1 Å². The van der Waals surface area contributed by atoms with Gasteiger partial charge in [0.1, 0.15) is 6.04 Å². The van der Waals surface area contributed by atoms with E-state index in [0.29, 0.717) is 11.0 Å². The fraction of sp³-hybridized carbons (Fsp3) is 0.286. The number of esters is 1. The Kier molecular flexibility index (Phi) is 6.61. The van der Waals surface area contributed by atoms with Crippen LogP contribution in [0, 0.1) is 5.92 Å². The minimum absolute atomic E-state index is 0.143. The van der Waals surface area contributed by atoms with E-state index >= 15 is 0 Å². The molecule has 0 aliphatic carbocycles. The number of imide groups is 1. The number of carbonyl (C=O) groups excluding carboxylic acids is 3. The molecule has 0 fully saturated rings. The van der Waals surface area contributed by atoms with E-state index in [1.54, 1.807) is 12.1 Å². The summed E-state index contributed by atoms with van der Waals surface area (Å²) in [5, 5.41) is 0. The summed E-state index contributed by atoms with van der Waals surface area (Å²) in [4.78, 5) is 37.3. The first kappa shape index (κ1) is 24.4. The van der Waals surface area contributed by atoms with Crippen LogP contribution in [0.4, 0.5) is 13.2 Å². The zero-order valence-corrected chi connectivity index (χ0v) is 18.2. The highest BCUT2D eigenvalue weighted by molar-refractivity contribution is 7.89. The Morgan fingerprint density at radius 3 is 2.12 bits per heavy atom. The molecule has 2 amide bonds. The van der Waals surface area contributed by atoms with E-state index in [9.17, 15) is 36.0 Å². The largest absolute Gasteiger partial charge is 0.442 e. The molecule has 1 aliphatic heterocycles. The fourth-order valence-electron chi connectivity index (χ4n) is 3.11. The van der Waals surface area contributed by atoms with Gasteiger partial charge in [-0.15, -0.1) is 0 Å². The van der Waals surface area contributed by atoms with Gasteiger partial charge >= 0.3 is 12.1 Å². The smallest absolute Gasteiger partial charge is 0.416 e. The van der Waals surface area contributed by atoms with E-state index in [1.807, 2.05) is 4.72 Å². The Bertz CT molecular complexity index is 1180. The number of halogens is 3. The summed E-state index contributed by atoms with van der Waals surface area (Å²) >= 11 is 0. The second-order valence-electron chi connectivity index (χ2n) is 7.54. The first-order valence-electron chi connectivity index (χ1n) is 9.64. The van der Waals surface area contributed by atoms with Crippen molar-refractivity contribution in [2.24, 2.45) is 5.92 Å². The van der Waals surface area contributed by atoms with Crippen molar-refractivity contribution in [1.82, 2.24) is 9.62 Å². The zero-order chi connectivity index (χ0) is 24.6. The van der Waals surface area contributed by atoms with Gasteiger partial charge in [0.05, 0.1) is 21.6 Å². The molecule has 0 spiro atoms. The quantitative estimate of drug-likeness (QED) is 0.478. The molecule has 0 saturated carbocycles. The number of sulfonamides is 1. The van der Waals surface area contributed by atoms with Crippen molar-refractivity contribution in [2.45, 2.75) is 31.0 Å². The Morgan fingerprint density at radius 2 is 1.61 bits per heavy atom. The van der Waals surface area contributed by atoms with Gasteiger partial charge in [-0.2, -0.15) is 17.9 Å². The molecule has 0 aromatic heterocycles. The number of amides is 2. The van der Waals surface area contributed by atoms with Crippen molar-refractivity contribution in [3.05, 3.63) is 65.2 Å². The highest BCUT2D eigenvalue weighted by atomic mass is 32.2. The van der Waals surface area contributed by atoms with Gasteiger partial charge in [-0.1, -0.05) is 32.0 Å². The topological polar surface area (TPSA) is 110 Å². The van der Waals surface area contributed by atoms with Gasteiger partial charge in [0.2, 0.25) is 10.0 Å². The predicted molar refractivity (Wildman–Crippen MR) is 108 cm³/mol. The first-order valence-corrected chi connectivity index (χ1v) is 11.1. The van der Waals surface area contributed by atoms with Gasteiger partial charge in [-0.3, -0.25) is 14.4 Å². The highest BCUT2D eigenvalue weighted by Crippen LogP contribution is 2.30. The van der Waals surface area contributed by atoms with Crippen LogP contribution in [0.15, 0.2) is 53.4 Å². The Morgan fingerprint density at radius 1 is 1.03 bits per heavy atom. The number of hydrogen-bond donors (Lipinski definition) is 1. The van der Waals surface area contributed by atoms with Crippen molar-refractivity contribution in [1.29, 1.82) is 0 Å². The number of nitrogens with one attached hydrogen (secondary N) is 1. The maximum atomic E-state index is 12.9. The van der Waals surface area contributed by atoms with Crippen LogP contribution in [0.5, 0.6) is 0 Å². The predicted octanol–water partition coefficient (Wildman–Crippen LogP) is 2.81. The molecule has 0 saturated heterocycles. The first-order chi connectivity index (χ1) is 15.3. The maximum absolute atomic E-state index is 12.9. The van der Waals surface area contributed by atoms with Crippen LogP contribution in [0.1, 0.15) is 40.1 Å². The number of nitrogens with zero attached hydrogens (tertiary/aromatic N) is 1. The third-order valence-electron chi connectivity index (χ3n) is 4.89. The lowest BCUT2D eigenvalue weighted by Gasteiger charge is -2.22. The summed E-state index contributed by atoms with van der Waals surface area (Å²) in [5.74, 6) is -3.11. The molecule has 0 bridgehead atoms. The number of fused-ring (bicyclic) bond motifs is 1. The molecular formula is C21H19F3N2O6S. The van der Waals surface area contributed by atoms with Gasteiger partial charge in [0.15, 0.2) is 6.73 Å². The minimum Gasteiger partial charge on any atom is -0.442 e.